The second-order valence-corrected chi connectivity index (χ2v) is 16.6. The van der Waals surface area contributed by atoms with E-state index in [0.717, 1.165) is 97.0 Å². The predicted molar refractivity (Wildman–Crippen MR) is 240 cm³/mol. The number of fused-ring (bicyclic) bond motifs is 11. The highest BCUT2D eigenvalue weighted by Gasteiger charge is 2.24. The molecule has 57 heavy (non-hydrogen) atoms. The van der Waals surface area contributed by atoms with Crippen LogP contribution >= 0.6 is 22.7 Å². The van der Waals surface area contributed by atoms with Crippen LogP contribution in [0.25, 0.3) is 119 Å². The van der Waals surface area contributed by atoms with Crippen molar-refractivity contribution < 1.29 is 4.42 Å². The Morgan fingerprint density at radius 3 is 1.11 bits per heavy atom. The molecule has 0 bridgehead atoms. The molecule has 5 aromatic heterocycles. The van der Waals surface area contributed by atoms with Crippen molar-refractivity contribution in [1.29, 1.82) is 0 Å². The summed E-state index contributed by atoms with van der Waals surface area (Å²) < 4.78 is 14.3. The summed E-state index contributed by atoms with van der Waals surface area (Å²) in [5.41, 5.74) is 12.3. The van der Waals surface area contributed by atoms with E-state index in [1.807, 2.05) is 0 Å². The van der Waals surface area contributed by atoms with Crippen molar-refractivity contribution in [3.63, 3.8) is 0 Å². The van der Waals surface area contributed by atoms with Gasteiger partial charge >= 0.3 is 0 Å². The highest BCUT2D eigenvalue weighted by atomic mass is 32.1. The van der Waals surface area contributed by atoms with Gasteiger partial charge in [-0.05, 0) is 72.8 Å². The molecule has 0 atom stereocenters. The summed E-state index contributed by atoms with van der Waals surface area (Å²) in [7, 11) is 0. The van der Waals surface area contributed by atoms with Gasteiger partial charge in [-0.25, -0.2) is 9.97 Å². The molecule has 0 aliphatic rings. The van der Waals surface area contributed by atoms with E-state index in [1.54, 1.807) is 22.7 Å². The van der Waals surface area contributed by atoms with E-state index in [9.17, 15) is 0 Å². The van der Waals surface area contributed by atoms with Gasteiger partial charge in [0.05, 0.1) is 53.6 Å². The van der Waals surface area contributed by atoms with Gasteiger partial charge in [-0.2, -0.15) is 0 Å². The van der Waals surface area contributed by atoms with Crippen molar-refractivity contribution in [2.24, 2.45) is 0 Å². The topological polar surface area (TPSA) is 48.8 Å². The fourth-order valence-electron chi connectivity index (χ4n) is 8.90. The smallest absolute Gasteiger partial charge is 0.145 e. The fraction of sp³-hybridized carbons (Fsp3) is 0. The summed E-state index contributed by atoms with van der Waals surface area (Å²) in [5, 5.41) is 8.79. The van der Waals surface area contributed by atoms with Gasteiger partial charge in [0.25, 0.3) is 0 Å². The number of thiazole rings is 2. The molecule has 8 aromatic carbocycles. The first-order valence-electron chi connectivity index (χ1n) is 19.0. The molecule has 0 spiro atoms. The van der Waals surface area contributed by atoms with Crippen LogP contribution < -0.4 is 0 Å². The lowest BCUT2D eigenvalue weighted by molar-refractivity contribution is 0.671. The van der Waals surface area contributed by atoms with Crippen molar-refractivity contribution in [3.05, 3.63) is 170 Å². The van der Waals surface area contributed by atoms with Crippen molar-refractivity contribution in [3.8, 4) is 32.5 Å². The molecule has 0 radical (unpaired) electrons. The predicted octanol–water partition coefficient (Wildman–Crippen LogP) is 14.3. The van der Waals surface area contributed by atoms with Crippen LogP contribution in [0.2, 0.25) is 0 Å². The lowest BCUT2D eigenvalue weighted by Crippen LogP contribution is -1.96. The summed E-state index contributed by atoms with van der Waals surface area (Å²) in [6, 6.07) is 60.6. The monoisotopic (exact) mass is 764 g/mol. The van der Waals surface area contributed by atoms with Gasteiger partial charge in [-0.15, -0.1) is 22.7 Å². The van der Waals surface area contributed by atoms with E-state index in [2.05, 4.69) is 179 Å². The Morgan fingerprint density at radius 1 is 0.368 bits per heavy atom. The number of benzene rings is 8. The Hall–Kier alpha value is -7.06. The highest BCUT2D eigenvalue weighted by Crippen LogP contribution is 2.47. The first kappa shape index (κ1) is 31.2. The van der Waals surface area contributed by atoms with E-state index in [-0.39, 0.29) is 0 Å². The Kier molecular flexibility index (Phi) is 6.41. The Labute approximate surface area is 332 Å². The van der Waals surface area contributed by atoms with E-state index in [4.69, 9.17) is 14.4 Å². The summed E-state index contributed by atoms with van der Waals surface area (Å²) in [6.07, 6.45) is 0. The molecule has 0 N–H and O–H groups in total. The maximum atomic E-state index is 7.23. The zero-order chi connectivity index (χ0) is 37.2. The fourth-order valence-corrected chi connectivity index (χ4v) is 10.9. The molecule has 7 heteroatoms. The van der Waals surface area contributed by atoms with Crippen LogP contribution in [0.15, 0.2) is 174 Å². The minimum atomic E-state index is 0.815. The van der Waals surface area contributed by atoms with E-state index in [0.29, 0.717) is 0 Å². The molecule has 13 rings (SSSR count). The molecule has 0 saturated carbocycles. The zero-order valence-electron chi connectivity index (χ0n) is 30.2. The van der Waals surface area contributed by atoms with Crippen LogP contribution in [0.3, 0.4) is 0 Å². The summed E-state index contributed by atoms with van der Waals surface area (Å²) in [4.78, 5) is 10.4. The van der Waals surface area contributed by atoms with Gasteiger partial charge in [-0.3, -0.25) is 0 Å². The molecule has 5 heterocycles. The number of rotatable bonds is 4. The van der Waals surface area contributed by atoms with Crippen molar-refractivity contribution in [2.45, 2.75) is 0 Å². The number of hydrogen-bond donors (Lipinski definition) is 0. The Balaban J connectivity index is 1.20. The first-order chi connectivity index (χ1) is 28.2. The molecule has 0 aliphatic heterocycles. The van der Waals surface area contributed by atoms with Crippen LogP contribution in [-0.2, 0) is 0 Å². The van der Waals surface area contributed by atoms with Crippen molar-refractivity contribution in [1.82, 2.24) is 19.1 Å². The minimum Gasteiger partial charge on any atom is -0.455 e. The van der Waals surface area contributed by atoms with Crippen LogP contribution in [-0.4, -0.2) is 19.1 Å². The van der Waals surface area contributed by atoms with Gasteiger partial charge in [0.15, 0.2) is 0 Å². The second-order valence-electron chi connectivity index (χ2n) is 14.6. The van der Waals surface area contributed by atoms with E-state index >= 15 is 0 Å². The summed E-state index contributed by atoms with van der Waals surface area (Å²) >= 11 is 3.40. The molecule has 0 unspecified atom stereocenters. The SMILES string of the molecule is c1ccc2sc(-c3cc(-n4c5ccccc5c5ccccc54)cc4c3oc3c(-c5nc6ccccc6s5)cc(-n5c6ccccc6c6ccccc65)cc34)nc2c1. The highest BCUT2D eigenvalue weighted by molar-refractivity contribution is 7.22. The maximum Gasteiger partial charge on any atom is 0.145 e. The van der Waals surface area contributed by atoms with Crippen LogP contribution in [0.5, 0.6) is 0 Å². The van der Waals surface area contributed by atoms with E-state index in [1.165, 1.54) is 21.5 Å². The average molecular weight is 765 g/mol. The molecule has 5 nitrogen and oxygen atoms in total. The Bertz CT molecular complexity index is 3360. The number of furan rings is 1. The third-order valence-corrected chi connectivity index (χ3v) is 13.5. The van der Waals surface area contributed by atoms with Gasteiger partial charge in [0.1, 0.15) is 21.2 Å². The lowest BCUT2D eigenvalue weighted by atomic mass is 10.0. The van der Waals surface area contributed by atoms with Crippen molar-refractivity contribution >= 4 is 109 Å². The standard InChI is InChI=1S/C50H28N4OS2/c1-7-19-41-31(13-1)32-14-2-8-20-42(32)53(41)29-25-35-36-26-30(54-43-21-9-3-15-33(43)34-16-4-10-22-44(34)54)28-38(50-52-40-18-6-12-24-46(40)57-50)48(36)55-47(35)37(27-29)49-51-39-17-5-11-23-45(39)56-49/h1-28H. The van der Waals surface area contributed by atoms with Gasteiger partial charge in [0, 0.05) is 43.7 Å². The van der Waals surface area contributed by atoms with Crippen LogP contribution in [0.4, 0.5) is 0 Å². The average Bonchev–Trinajstić information content (AvgIpc) is 4.09. The maximum absolute atomic E-state index is 7.23. The number of hydrogen-bond acceptors (Lipinski definition) is 5. The van der Waals surface area contributed by atoms with Crippen LogP contribution in [0, 0.1) is 0 Å². The largest absolute Gasteiger partial charge is 0.455 e. The molecule has 266 valence electrons. The molecule has 13 aromatic rings. The van der Waals surface area contributed by atoms with Gasteiger partial charge < -0.3 is 13.6 Å². The van der Waals surface area contributed by atoms with Gasteiger partial charge in [-0.1, -0.05) is 97.1 Å². The van der Waals surface area contributed by atoms with E-state index < -0.39 is 0 Å². The third-order valence-electron chi connectivity index (χ3n) is 11.4. The Morgan fingerprint density at radius 2 is 0.719 bits per heavy atom. The molecular weight excluding hydrogens is 737 g/mol. The molecular formula is C50H28N4OS2. The zero-order valence-corrected chi connectivity index (χ0v) is 31.8. The molecule has 0 fully saturated rings. The molecule has 0 aliphatic carbocycles. The first-order valence-corrected chi connectivity index (χ1v) is 20.6. The third kappa shape index (κ3) is 4.49. The molecule has 0 saturated heterocycles. The number of aromatic nitrogens is 4. The van der Waals surface area contributed by atoms with Crippen molar-refractivity contribution in [2.75, 3.05) is 0 Å². The summed E-state index contributed by atoms with van der Waals surface area (Å²) in [5.74, 6) is 0. The quantitative estimate of drug-likeness (QED) is 0.179. The normalized spacial score (nSPS) is 12.2. The summed E-state index contributed by atoms with van der Waals surface area (Å²) in [6.45, 7) is 0. The number of para-hydroxylation sites is 6. The minimum absolute atomic E-state index is 0.815. The van der Waals surface area contributed by atoms with Gasteiger partial charge in [0.2, 0.25) is 0 Å². The van der Waals surface area contributed by atoms with Crippen LogP contribution in [0.1, 0.15) is 0 Å². The second kappa shape index (κ2) is 11.7. The molecule has 0 amide bonds. The number of nitrogens with zero attached hydrogens (tertiary/aromatic N) is 4. The lowest BCUT2D eigenvalue weighted by Gasteiger charge is -2.11.